The number of amides is 2. The molecule has 0 spiro atoms. The fraction of sp³-hybridized carbons (Fsp3) is 0.467. The molecule has 0 bridgehead atoms. The molecule has 1 fully saturated rings. The summed E-state index contributed by atoms with van der Waals surface area (Å²) in [4.78, 5) is 27.2. The van der Waals surface area contributed by atoms with Crippen LogP contribution in [0, 0.1) is 0 Å². The largest absolute Gasteiger partial charge is 0.377 e. The second-order valence-electron chi connectivity index (χ2n) is 5.42. The van der Waals surface area contributed by atoms with Gasteiger partial charge in [0.05, 0.1) is 30.3 Å². The first-order valence-corrected chi connectivity index (χ1v) is 9.78. The molecular formula is C15H19N5O3S2. The molecule has 2 aromatic heterocycles. The summed E-state index contributed by atoms with van der Waals surface area (Å²) < 4.78 is 5.46. The number of aromatic amines is 1. The molecule has 2 N–H and O–H groups in total. The van der Waals surface area contributed by atoms with E-state index in [9.17, 15) is 9.59 Å². The zero-order chi connectivity index (χ0) is 17.5. The Kier molecular flexibility index (Phi) is 6.42. The summed E-state index contributed by atoms with van der Waals surface area (Å²) in [6.07, 6.45) is 1.88. The van der Waals surface area contributed by atoms with E-state index in [2.05, 4.69) is 20.7 Å². The molecule has 0 radical (unpaired) electrons. The molecule has 2 amide bonds. The fourth-order valence-corrected chi connectivity index (χ4v) is 3.85. The highest BCUT2D eigenvalue weighted by Crippen LogP contribution is 2.18. The van der Waals surface area contributed by atoms with Crippen molar-refractivity contribution in [2.45, 2.75) is 17.5 Å². The number of hydrogen-bond donors (Lipinski definition) is 2. The Hall–Kier alpha value is -1.91. The normalized spacial score (nSPS) is 17.4. The second kappa shape index (κ2) is 8.97. The van der Waals surface area contributed by atoms with Crippen LogP contribution in [0.1, 0.15) is 16.1 Å². The van der Waals surface area contributed by atoms with E-state index in [0.717, 1.165) is 5.03 Å². The van der Waals surface area contributed by atoms with Gasteiger partial charge in [0, 0.05) is 25.3 Å². The number of ether oxygens (including phenoxy) is 1. The lowest BCUT2D eigenvalue weighted by Gasteiger charge is -2.35. The highest BCUT2D eigenvalue weighted by molar-refractivity contribution is 7.99. The molecule has 1 unspecified atom stereocenters. The Balaban J connectivity index is 1.45. The van der Waals surface area contributed by atoms with Crippen molar-refractivity contribution in [3.63, 3.8) is 0 Å². The van der Waals surface area contributed by atoms with Crippen molar-refractivity contribution in [1.82, 2.24) is 25.6 Å². The van der Waals surface area contributed by atoms with E-state index >= 15 is 0 Å². The Labute approximate surface area is 153 Å². The van der Waals surface area contributed by atoms with Crippen LogP contribution in [0.3, 0.4) is 0 Å². The van der Waals surface area contributed by atoms with Crippen molar-refractivity contribution in [2.75, 3.05) is 32.1 Å². The first kappa shape index (κ1) is 17.9. The molecule has 1 atom stereocenters. The number of nitrogens with zero attached hydrogens (tertiary/aromatic N) is 3. The predicted octanol–water partition coefficient (Wildman–Crippen LogP) is 1.01. The minimum absolute atomic E-state index is 0.0299. The smallest absolute Gasteiger partial charge is 0.264 e. The molecule has 0 aromatic carbocycles. The van der Waals surface area contributed by atoms with Gasteiger partial charge in [-0.2, -0.15) is 10.3 Å². The zero-order valence-corrected chi connectivity index (χ0v) is 15.1. The third-order valence-corrected chi connectivity index (χ3v) is 5.47. The lowest BCUT2D eigenvalue weighted by Crippen LogP contribution is -2.50. The molecule has 0 saturated carbocycles. The van der Waals surface area contributed by atoms with Gasteiger partial charge < -0.3 is 15.0 Å². The van der Waals surface area contributed by atoms with Gasteiger partial charge in [0.1, 0.15) is 5.03 Å². The quantitative estimate of drug-likeness (QED) is 0.548. The van der Waals surface area contributed by atoms with Gasteiger partial charge in [-0.3, -0.25) is 9.59 Å². The lowest BCUT2D eigenvalue weighted by atomic mass is 10.1. The molecule has 3 rings (SSSR count). The Morgan fingerprint density at radius 3 is 3.20 bits per heavy atom. The average Bonchev–Trinajstić information content (AvgIpc) is 3.32. The SMILES string of the molecule is O=C(CC1COCCN1C(=O)c1cccs1)NCCSc1cn[nH]n1. The van der Waals surface area contributed by atoms with Crippen LogP contribution in [-0.4, -0.2) is 70.2 Å². The number of H-pyrrole nitrogens is 1. The highest BCUT2D eigenvalue weighted by Gasteiger charge is 2.30. The first-order valence-electron chi connectivity index (χ1n) is 7.91. The average molecular weight is 381 g/mol. The van der Waals surface area contributed by atoms with Crippen LogP contribution in [0.25, 0.3) is 0 Å². The standard InChI is InChI=1S/C15H19N5O3S2/c21-13(16-3-7-25-14-9-17-19-18-14)8-11-10-23-5-4-20(11)15(22)12-2-1-6-24-12/h1-2,6,9,11H,3-5,7-8,10H2,(H,16,21)(H,17,18,19). The van der Waals surface area contributed by atoms with Gasteiger partial charge >= 0.3 is 0 Å². The minimum atomic E-state index is -0.230. The van der Waals surface area contributed by atoms with Gasteiger partial charge in [0.2, 0.25) is 5.91 Å². The van der Waals surface area contributed by atoms with Crippen LogP contribution in [-0.2, 0) is 9.53 Å². The Morgan fingerprint density at radius 1 is 1.52 bits per heavy atom. The minimum Gasteiger partial charge on any atom is -0.377 e. The Bertz CT molecular complexity index is 677. The number of carbonyl (C=O) groups is 2. The van der Waals surface area contributed by atoms with E-state index in [1.807, 2.05) is 11.4 Å². The third-order valence-electron chi connectivity index (χ3n) is 3.71. The topological polar surface area (TPSA) is 100 Å². The van der Waals surface area contributed by atoms with Gasteiger partial charge in [-0.15, -0.1) is 28.2 Å². The van der Waals surface area contributed by atoms with Crippen molar-refractivity contribution in [1.29, 1.82) is 0 Å². The molecule has 25 heavy (non-hydrogen) atoms. The van der Waals surface area contributed by atoms with Crippen molar-refractivity contribution in [3.05, 3.63) is 28.6 Å². The van der Waals surface area contributed by atoms with E-state index in [0.29, 0.717) is 36.9 Å². The van der Waals surface area contributed by atoms with Crippen LogP contribution in [0.5, 0.6) is 0 Å². The third kappa shape index (κ3) is 5.03. The van der Waals surface area contributed by atoms with E-state index in [1.165, 1.54) is 23.1 Å². The van der Waals surface area contributed by atoms with Crippen molar-refractivity contribution >= 4 is 34.9 Å². The molecule has 1 aliphatic rings. The first-order chi connectivity index (χ1) is 12.2. The predicted molar refractivity (Wildman–Crippen MR) is 94.7 cm³/mol. The number of aromatic nitrogens is 3. The fourth-order valence-electron chi connectivity index (χ4n) is 2.53. The number of rotatable bonds is 7. The number of nitrogens with one attached hydrogen (secondary N) is 2. The maximum Gasteiger partial charge on any atom is 0.264 e. The van der Waals surface area contributed by atoms with Crippen molar-refractivity contribution in [2.24, 2.45) is 0 Å². The highest BCUT2D eigenvalue weighted by atomic mass is 32.2. The zero-order valence-electron chi connectivity index (χ0n) is 13.5. The summed E-state index contributed by atoms with van der Waals surface area (Å²) in [5.74, 6) is 0.593. The number of carbonyl (C=O) groups excluding carboxylic acids is 2. The van der Waals surface area contributed by atoms with Crippen molar-refractivity contribution in [3.8, 4) is 0 Å². The van der Waals surface area contributed by atoms with E-state index in [1.54, 1.807) is 17.2 Å². The molecule has 8 nitrogen and oxygen atoms in total. The Morgan fingerprint density at radius 2 is 2.44 bits per heavy atom. The molecule has 2 aromatic rings. The number of thioether (sulfide) groups is 1. The molecule has 10 heteroatoms. The summed E-state index contributed by atoms with van der Waals surface area (Å²) in [7, 11) is 0. The summed E-state index contributed by atoms with van der Waals surface area (Å²) in [5.41, 5.74) is 0. The molecule has 1 saturated heterocycles. The maximum absolute atomic E-state index is 12.6. The van der Waals surface area contributed by atoms with Crippen molar-refractivity contribution < 1.29 is 14.3 Å². The van der Waals surface area contributed by atoms with Crippen LogP contribution in [0.4, 0.5) is 0 Å². The maximum atomic E-state index is 12.6. The van der Waals surface area contributed by atoms with E-state index in [-0.39, 0.29) is 24.3 Å². The van der Waals surface area contributed by atoms with Gasteiger partial charge in [-0.1, -0.05) is 6.07 Å². The number of hydrogen-bond acceptors (Lipinski definition) is 7. The summed E-state index contributed by atoms with van der Waals surface area (Å²) >= 11 is 2.92. The summed E-state index contributed by atoms with van der Waals surface area (Å²) in [6, 6.07) is 3.43. The molecule has 134 valence electrons. The summed E-state index contributed by atoms with van der Waals surface area (Å²) in [5, 5.41) is 15.7. The van der Waals surface area contributed by atoms with Gasteiger partial charge in [0.25, 0.3) is 5.91 Å². The lowest BCUT2D eigenvalue weighted by molar-refractivity contribution is -0.123. The second-order valence-corrected chi connectivity index (χ2v) is 7.48. The van der Waals surface area contributed by atoms with Crippen LogP contribution < -0.4 is 5.32 Å². The van der Waals surface area contributed by atoms with Gasteiger partial charge in [0.15, 0.2) is 0 Å². The van der Waals surface area contributed by atoms with Crippen LogP contribution in [0.15, 0.2) is 28.7 Å². The molecule has 1 aliphatic heterocycles. The van der Waals surface area contributed by atoms with Crippen LogP contribution >= 0.6 is 23.1 Å². The number of morpholine rings is 1. The van der Waals surface area contributed by atoms with E-state index < -0.39 is 0 Å². The van der Waals surface area contributed by atoms with Gasteiger partial charge in [-0.05, 0) is 11.4 Å². The van der Waals surface area contributed by atoms with Crippen LogP contribution in [0.2, 0.25) is 0 Å². The van der Waals surface area contributed by atoms with Gasteiger partial charge in [-0.25, -0.2) is 0 Å². The monoisotopic (exact) mass is 381 g/mol. The number of thiophene rings is 1. The molecule has 3 heterocycles. The summed E-state index contributed by atoms with van der Waals surface area (Å²) in [6.45, 7) is 1.93. The molecule has 0 aliphatic carbocycles. The van der Waals surface area contributed by atoms with E-state index in [4.69, 9.17) is 4.74 Å². The molecular weight excluding hydrogens is 362 g/mol.